The maximum absolute atomic E-state index is 12.7. The molecule has 0 spiro atoms. The molecule has 0 aliphatic heterocycles. The van der Waals surface area contributed by atoms with Crippen LogP contribution in [0.25, 0.3) is 10.1 Å². The van der Waals surface area contributed by atoms with Crippen molar-refractivity contribution in [1.82, 2.24) is 4.90 Å². The Hall–Kier alpha value is -2.37. The van der Waals surface area contributed by atoms with Gasteiger partial charge in [-0.2, -0.15) is 0 Å². The lowest BCUT2D eigenvalue weighted by molar-refractivity contribution is 0.0772. The molecule has 26 heavy (non-hydrogen) atoms. The van der Waals surface area contributed by atoms with Gasteiger partial charge in [0, 0.05) is 34.4 Å². The average molecular weight is 387 g/mol. The van der Waals surface area contributed by atoms with Gasteiger partial charge in [0.15, 0.2) is 0 Å². The fourth-order valence-corrected chi connectivity index (χ4v) is 4.18. The lowest BCUT2D eigenvalue weighted by Crippen LogP contribution is -2.30. The summed E-state index contributed by atoms with van der Waals surface area (Å²) in [5, 5.41) is 4.17. The quantitative estimate of drug-likeness (QED) is 0.647. The van der Waals surface area contributed by atoms with E-state index in [1.807, 2.05) is 38.1 Å². The minimum atomic E-state index is -0.274. The predicted molar refractivity (Wildman–Crippen MR) is 108 cm³/mol. The molecule has 3 rings (SSSR count). The molecule has 2 amide bonds. The SMILES string of the molecule is CCN(CC)C(=O)c1cccc(NC(=O)c2sc3ccccc3c2Cl)c1. The summed E-state index contributed by atoms with van der Waals surface area (Å²) in [7, 11) is 0. The number of benzene rings is 2. The number of fused-ring (bicyclic) bond motifs is 1. The topological polar surface area (TPSA) is 49.4 Å². The zero-order valence-corrected chi connectivity index (χ0v) is 16.2. The molecule has 0 unspecified atom stereocenters. The van der Waals surface area contributed by atoms with Crippen LogP contribution in [0.1, 0.15) is 33.9 Å². The number of thiophene rings is 1. The summed E-state index contributed by atoms with van der Waals surface area (Å²) in [6.45, 7) is 5.17. The highest BCUT2D eigenvalue weighted by molar-refractivity contribution is 7.21. The van der Waals surface area contributed by atoms with Crippen LogP contribution in [0.3, 0.4) is 0 Å². The summed E-state index contributed by atoms with van der Waals surface area (Å²) in [4.78, 5) is 27.3. The molecule has 4 nitrogen and oxygen atoms in total. The van der Waals surface area contributed by atoms with E-state index in [1.54, 1.807) is 29.2 Å². The molecule has 0 aliphatic rings. The number of hydrogen-bond acceptors (Lipinski definition) is 3. The first kappa shape index (κ1) is 18.4. The normalized spacial score (nSPS) is 10.7. The van der Waals surface area contributed by atoms with Gasteiger partial charge in [-0.1, -0.05) is 35.9 Å². The molecule has 0 radical (unpaired) electrons. The molecule has 134 valence electrons. The number of carbonyl (C=O) groups is 2. The number of rotatable bonds is 5. The number of nitrogens with one attached hydrogen (secondary N) is 1. The third-order valence-corrected chi connectivity index (χ3v) is 5.83. The predicted octanol–water partition coefficient (Wildman–Crippen LogP) is 5.29. The van der Waals surface area contributed by atoms with Gasteiger partial charge >= 0.3 is 0 Å². The maximum Gasteiger partial charge on any atom is 0.267 e. The fraction of sp³-hybridized carbons (Fsp3) is 0.200. The summed E-state index contributed by atoms with van der Waals surface area (Å²) in [5.41, 5.74) is 1.12. The lowest BCUT2D eigenvalue weighted by atomic mass is 10.1. The van der Waals surface area contributed by atoms with Crippen LogP contribution in [0.2, 0.25) is 5.02 Å². The van der Waals surface area contributed by atoms with Gasteiger partial charge in [-0.05, 0) is 38.1 Å². The van der Waals surface area contributed by atoms with Gasteiger partial charge in [0.1, 0.15) is 4.88 Å². The first-order chi connectivity index (χ1) is 12.5. The highest BCUT2D eigenvalue weighted by Crippen LogP contribution is 2.35. The Morgan fingerprint density at radius 1 is 1.08 bits per heavy atom. The van der Waals surface area contributed by atoms with E-state index in [0.29, 0.717) is 34.2 Å². The molecule has 0 aliphatic carbocycles. The van der Waals surface area contributed by atoms with Crippen molar-refractivity contribution in [2.24, 2.45) is 0 Å². The Labute approximate surface area is 161 Å². The Kier molecular flexibility index (Phi) is 5.59. The van der Waals surface area contributed by atoms with Crippen LogP contribution in [0.4, 0.5) is 5.69 Å². The summed E-state index contributed by atoms with van der Waals surface area (Å²) in [5.74, 6) is -0.324. The second-order valence-electron chi connectivity index (χ2n) is 5.75. The smallest absolute Gasteiger partial charge is 0.267 e. The van der Waals surface area contributed by atoms with Crippen molar-refractivity contribution in [2.45, 2.75) is 13.8 Å². The Bertz CT molecular complexity index is 963. The van der Waals surface area contributed by atoms with Gasteiger partial charge in [0.05, 0.1) is 5.02 Å². The van der Waals surface area contributed by atoms with Crippen LogP contribution < -0.4 is 5.32 Å². The van der Waals surface area contributed by atoms with Gasteiger partial charge in [0.2, 0.25) is 0 Å². The first-order valence-corrected chi connectivity index (χ1v) is 9.62. The van der Waals surface area contributed by atoms with Crippen molar-refractivity contribution in [2.75, 3.05) is 18.4 Å². The molecule has 1 heterocycles. The van der Waals surface area contributed by atoms with Gasteiger partial charge in [-0.3, -0.25) is 9.59 Å². The minimum Gasteiger partial charge on any atom is -0.339 e. The summed E-state index contributed by atoms with van der Waals surface area (Å²) < 4.78 is 0.966. The molecule has 2 aromatic carbocycles. The van der Waals surface area contributed by atoms with Crippen molar-refractivity contribution in [3.63, 3.8) is 0 Å². The average Bonchev–Trinajstić information content (AvgIpc) is 3.00. The molecular formula is C20H19ClN2O2S. The largest absolute Gasteiger partial charge is 0.339 e. The van der Waals surface area contributed by atoms with Crippen LogP contribution in [-0.2, 0) is 0 Å². The highest BCUT2D eigenvalue weighted by Gasteiger charge is 2.18. The summed E-state index contributed by atoms with van der Waals surface area (Å²) in [6.07, 6.45) is 0. The zero-order chi connectivity index (χ0) is 18.7. The number of carbonyl (C=O) groups excluding carboxylic acids is 2. The second kappa shape index (κ2) is 7.89. The van der Waals surface area contributed by atoms with E-state index in [0.717, 1.165) is 10.1 Å². The van der Waals surface area contributed by atoms with Gasteiger partial charge in [0.25, 0.3) is 11.8 Å². The molecule has 0 atom stereocenters. The van der Waals surface area contributed by atoms with E-state index in [2.05, 4.69) is 5.32 Å². The van der Waals surface area contributed by atoms with Crippen LogP contribution in [-0.4, -0.2) is 29.8 Å². The van der Waals surface area contributed by atoms with E-state index >= 15 is 0 Å². The van der Waals surface area contributed by atoms with Crippen molar-refractivity contribution >= 4 is 50.5 Å². The maximum atomic E-state index is 12.7. The summed E-state index contributed by atoms with van der Waals surface area (Å²) in [6, 6.07) is 14.6. The Balaban J connectivity index is 1.84. The van der Waals surface area contributed by atoms with Gasteiger partial charge in [-0.15, -0.1) is 11.3 Å². The Morgan fingerprint density at radius 3 is 2.50 bits per heavy atom. The fourth-order valence-electron chi connectivity index (χ4n) is 2.77. The number of nitrogens with zero attached hydrogens (tertiary/aromatic N) is 1. The molecule has 0 saturated heterocycles. The third-order valence-electron chi connectivity index (χ3n) is 4.16. The zero-order valence-electron chi connectivity index (χ0n) is 14.6. The van der Waals surface area contributed by atoms with Gasteiger partial charge in [-0.25, -0.2) is 0 Å². The number of anilines is 1. The molecular weight excluding hydrogens is 368 g/mol. The highest BCUT2D eigenvalue weighted by atomic mass is 35.5. The van der Waals surface area contributed by atoms with Crippen molar-refractivity contribution in [1.29, 1.82) is 0 Å². The molecule has 0 fully saturated rings. The van der Waals surface area contributed by atoms with E-state index in [9.17, 15) is 9.59 Å². The van der Waals surface area contributed by atoms with Crippen LogP contribution >= 0.6 is 22.9 Å². The molecule has 0 saturated carbocycles. The first-order valence-electron chi connectivity index (χ1n) is 8.42. The standard InChI is InChI=1S/C20H19ClN2O2S/c1-3-23(4-2)20(25)13-8-7-9-14(12-13)22-19(24)18-17(21)15-10-5-6-11-16(15)26-18/h5-12H,3-4H2,1-2H3,(H,22,24). The van der Waals surface area contributed by atoms with Crippen LogP contribution in [0.5, 0.6) is 0 Å². The minimum absolute atomic E-state index is 0.0500. The number of hydrogen-bond donors (Lipinski definition) is 1. The number of halogens is 1. The molecule has 6 heteroatoms. The van der Waals surface area contributed by atoms with Crippen molar-refractivity contribution in [3.8, 4) is 0 Å². The molecule has 0 bridgehead atoms. The van der Waals surface area contributed by atoms with E-state index in [4.69, 9.17) is 11.6 Å². The van der Waals surface area contributed by atoms with Crippen LogP contribution in [0, 0.1) is 0 Å². The lowest BCUT2D eigenvalue weighted by Gasteiger charge is -2.19. The molecule has 1 aromatic heterocycles. The van der Waals surface area contributed by atoms with E-state index in [1.165, 1.54) is 11.3 Å². The van der Waals surface area contributed by atoms with Gasteiger partial charge < -0.3 is 10.2 Å². The Morgan fingerprint density at radius 2 is 1.81 bits per heavy atom. The van der Waals surface area contributed by atoms with Crippen LogP contribution in [0.15, 0.2) is 48.5 Å². The van der Waals surface area contributed by atoms with Crippen molar-refractivity contribution < 1.29 is 9.59 Å². The van der Waals surface area contributed by atoms with E-state index < -0.39 is 0 Å². The molecule has 1 N–H and O–H groups in total. The second-order valence-corrected chi connectivity index (χ2v) is 7.18. The summed E-state index contributed by atoms with van der Waals surface area (Å²) >= 11 is 7.72. The molecule has 3 aromatic rings. The van der Waals surface area contributed by atoms with E-state index in [-0.39, 0.29) is 11.8 Å². The number of amides is 2. The monoisotopic (exact) mass is 386 g/mol. The third kappa shape index (κ3) is 3.59. The van der Waals surface area contributed by atoms with Crippen molar-refractivity contribution in [3.05, 3.63) is 64.0 Å².